The number of fused-ring (bicyclic) bond motifs is 2. The van der Waals surface area contributed by atoms with Gasteiger partial charge in [0, 0.05) is 89.7 Å². The first-order valence-corrected chi connectivity index (χ1v) is 9.05. The van der Waals surface area contributed by atoms with Gasteiger partial charge in [-0.1, -0.05) is 44.7 Å². The maximum atomic E-state index is 4.06. The number of aromatic nitrogens is 1. The van der Waals surface area contributed by atoms with Crippen LogP contribution < -0.4 is 0 Å². The first-order valence-electron chi connectivity index (χ1n) is 9.05. The molecular weight excluding hydrogens is 481 g/mol. The smallest absolute Gasteiger partial charge is 0.322 e. The second-order valence-electron chi connectivity index (χ2n) is 6.22. The van der Waals surface area contributed by atoms with Crippen LogP contribution in [-0.2, 0) is 65.4 Å². The van der Waals surface area contributed by atoms with E-state index in [1.807, 2.05) is 32.9 Å². The van der Waals surface area contributed by atoms with E-state index in [0.717, 1.165) is 5.57 Å². The van der Waals surface area contributed by atoms with Crippen LogP contribution in [0.4, 0.5) is 0 Å². The molecule has 0 saturated carbocycles. The van der Waals surface area contributed by atoms with Crippen LogP contribution in [-0.4, -0.2) is 22.2 Å². The van der Waals surface area contributed by atoms with Crippen LogP contribution in [0.5, 0.6) is 0 Å². The van der Waals surface area contributed by atoms with Gasteiger partial charge in [0.05, 0.1) is 11.3 Å². The Bertz CT molecular complexity index is 865. The van der Waals surface area contributed by atoms with E-state index in [4.69, 9.17) is 0 Å². The average molecular weight is 510 g/mol. The van der Waals surface area contributed by atoms with Crippen molar-refractivity contribution in [1.29, 1.82) is 0 Å². The van der Waals surface area contributed by atoms with Gasteiger partial charge in [-0.05, 0) is 44.9 Å². The molecule has 0 saturated heterocycles. The molecule has 5 heteroatoms. The summed E-state index contributed by atoms with van der Waals surface area (Å²) in [6, 6.07) is 2.25. The molecule has 0 atom stereocenters. The minimum Gasteiger partial charge on any atom is -0.322 e. The van der Waals surface area contributed by atoms with Crippen molar-refractivity contribution in [2.45, 2.75) is 48.5 Å². The van der Waals surface area contributed by atoms with E-state index in [-0.39, 0.29) is 65.4 Å². The third kappa shape index (κ3) is 5.10. The van der Waals surface area contributed by atoms with Gasteiger partial charge in [0.15, 0.2) is 11.4 Å². The summed E-state index contributed by atoms with van der Waals surface area (Å²) in [5, 5.41) is 0. The van der Waals surface area contributed by atoms with Gasteiger partial charge in [-0.25, -0.2) is 0 Å². The Morgan fingerprint density at radius 1 is 1.15 bits per heavy atom. The van der Waals surface area contributed by atoms with Crippen LogP contribution in [0.3, 0.4) is 0 Å². The fraction of sp³-hybridized carbons (Fsp3) is 0.318. The number of aryl methyl sites for hydroxylation is 2. The Labute approximate surface area is 216 Å². The molecule has 3 heterocycles. The van der Waals surface area contributed by atoms with Gasteiger partial charge in [0.1, 0.15) is 0 Å². The molecule has 0 spiro atoms. The summed E-state index contributed by atoms with van der Waals surface area (Å²) in [6.45, 7) is 18.8. The fourth-order valence-electron chi connectivity index (χ4n) is 3.52. The Hall–Kier alpha value is -0.0773. The molecule has 0 N–H and O–H groups in total. The second-order valence-corrected chi connectivity index (χ2v) is 6.22. The van der Waals surface area contributed by atoms with Crippen molar-refractivity contribution in [2.75, 3.05) is 0 Å². The summed E-state index contributed by atoms with van der Waals surface area (Å²) in [5.41, 5.74) is 10.1. The molecule has 2 aliphatic heterocycles. The predicted molar refractivity (Wildman–Crippen MR) is 111 cm³/mol. The average Bonchev–Trinajstić information content (AvgIpc) is 3.06. The van der Waals surface area contributed by atoms with Crippen LogP contribution in [0.15, 0.2) is 59.9 Å². The summed E-state index contributed by atoms with van der Waals surface area (Å²) in [4.78, 5) is 0. The topological polar surface area (TPSA) is 7.94 Å². The summed E-state index contributed by atoms with van der Waals surface area (Å²) < 4.78 is 4.58. The first kappa shape index (κ1) is 26.9. The normalized spacial score (nSPS) is 15.1. The minimum atomic E-state index is 0. The zero-order chi connectivity index (χ0) is 18.7. The maximum absolute atomic E-state index is 4.06. The van der Waals surface area contributed by atoms with Crippen molar-refractivity contribution >= 4 is 18.8 Å². The van der Waals surface area contributed by atoms with Gasteiger partial charge in [0.2, 0.25) is 0 Å². The van der Waals surface area contributed by atoms with E-state index in [2.05, 4.69) is 75.1 Å². The van der Waals surface area contributed by atoms with Crippen LogP contribution in [0.1, 0.15) is 51.6 Å². The molecule has 3 radical (unpaired) electrons. The molecule has 0 fully saturated rings. The van der Waals surface area contributed by atoms with Gasteiger partial charge in [-0.3, -0.25) is 4.49 Å². The number of hydrogen-bond acceptors (Lipinski definition) is 0. The van der Waals surface area contributed by atoms with E-state index in [1.165, 1.54) is 39.5 Å². The van der Waals surface area contributed by atoms with Crippen LogP contribution >= 0.6 is 0 Å². The zero-order valence-corrected chi connectivity index (χ0v) is 23.5. The molecule has 27 heavy (non-hydrogen) atoms. The van der Waals surface area contributed by atoms with Gasteiger partial charge in [-0.2, -0.15) is 0 Å². The quantitative estimate of drug-likeness (QED) is 0.383. The van der Waals surface area contributed by atoms with Crippen LogP contribution in [0.2, 0.25) is 0 Å². The molecule has 3 rings (SSSR count). The molecule has 2 nitrogen and oxygen atoms in total. The molecule has 0 bridgehead atoms. The SMILES string of the molecule is C=C/C(=C\C=C/C)C1=C2C(C)=CC(C)=[N+]2[B]n2c(C)cc(C)c21.CC.[Y].[Y]. The summed E-state index contributed by atoms with van der Waals surface area (Å²) in [5.74, 6) is 0. The third-order valence-corrected chi connectivity index (χ3v) is 4.52. The molecule has 0 aromatic carbocycles. The van der Waals surface area contributed by atoms with Gasteiger partial charge in [0.25, 0.3) is 0 Å². The van der Waals surface area contributed by atoms with Crippen LogP contribution in [0.25, 0.3) is 5.57 Å². The van der Waals surface area contributed by atoms with E-state index in [0.29, 0.717) is 0 Å². The largest absolute Gasteiger partial charge is 0.699 e. The van der Waals surface area contributed by atoms with E-state index in [9.17, 15) is 0 Å². The monoisotopic (exact) mass is 510 g/mol. The predicted octanol–water partition coefficient (Wildman–Crippen LogP) is 5.35. The van der Waals surface area contributed by atoms with Gasteiger partial charge < -0.3 is 4.48 Å². The molecule has 1 aromatic rings. The third-order valence-electron chi connectivity index (χ3n) is 4.52. The number of rotatable bonds is 3. The van der Waals surface area contributed by atoms with E-state index in [1.54, 1.807) is 0 Å². The Morgan fingerprint density at radius 3 is 2.33 bits per heavy atom. The Morgan fingerprint density at radius 2 is 1.78 bits per heavy atom. The van der Waals surface area contributed by atoms with Gasteiger partial charge in [-0.15, -0.1) is 0 Å². The number of allylic oxidation sites excluding steroid dienone is 8. The standard InChI is InChI=1S/C20H23BN2.C2H6.2Y/c1-7-9-10-17(8-2)18-19-13(3)11-15(5)22(19)21-23-16(6)12-14(4)20(18)23;1-2;;/h7-12H,2H2,1,3-6H3;1-2H3;;/q+1;;;/b9-7-,17-10+;;;. The van der Waals surface area contributed by atoms with Crippen molar-refractivity contribution in [3.63, 3.8) is 0 Å². The van der Waals surface area contributed by atoms with Crippen molar-refractivity contribution in [1.82, 2.24) is 4.48 Å². The Kier molecular flexibility index (Phi) is 11.8. The van der Waals surface area contributed by atoms with Crippen LogP contribution in [0, 0.1) is 13.8 Å². The maximum Gasteiger partial charge on any atom is 0.699 e. The molecule has 135 valence electrons. The first-order chi connectivity index (χ1) is 12.0. The molecule has 1 aromatic heterocycles. The van der Waals surface area contributed by atoms with Crippen molar-refractivity contribution in [3.05, 3.63) is 76.8 Å². The zero-order valence-electron chi connectivity index (χ0n) is 17.8. The summed E-state index contributed by atoms with van der Waals surface area (Å²) in [6.07, 6.45) is 10.5. The minimum absolute atomic E-state index is 0. The number of hydrogen-bond donors (Lipinski definition) is 0. The molecule has 0 amide bonds. The molecule has 2 aliphatic rings. The summed E-state index contributed by atoms with van der Waals surface area (Å²) >= 11 is 0. The van der Waals surface area contributed by atoms with E-state index >= 15 is 0 Å². The van der Waals surface area contributed by atoms with Crippen molar-refractivity contribution in [3.8, 4) is 0 Å². The molecule has 0 aliphatic carbocycles. The fourth-order valence-corrected chi connectivity index (χ4v) is 3.52. The Balaban J connectivity index is 0.00000164. The van der Waals surface area contributed by atoms with Crippen molar-refractivity contribution in [2.24, 2.45) is 0 Å². The molecular formula is C22H29BN2Y2+. The molecule has 0 unspecified atom stereocenters. The van der Waals surface area contributed by atoms with Crippen molar-refractivity contribution < 1.29 is 69.9 Å². The number of nitrogens with zero attached hydrogens (tertiary/aromatic N) is 2. The summed E-state index contributed by atoms with van der Waals surface area (Å²) in [7, 11) is 2.20. The second kappa shape index (κ2) is 11.8. The van der Waals surface area contributed by atoms with Gasteiger partial charge >= 0.3 is 7.55 Å². The van der Waals surface area contributed by atoms with E-state index < -0.39 is 0 Å².